The van der Waals surface area contributed by atoms with Crippen LogP contribution in [0.2, 0.25) is 0 Å². The number of benzene rings is 1. The van der Waals surface area contributed by atoms with E-state index in [1.165, 1.54) is 18.6 Å². The first-order valence-corrected chi connectivity index (χ1v) is 8.11. The van der Waals surface area contributed by atoms with Gasteiger partial charge in [0.1, 0.15) is 0 Å². The molecule has 1 aromatic rings. The van der Waals surface area contributed by atoms with Crippen LogP contribution >= 0.6 is 0 Å². The number of nitrogens with one attached hydrogen (secondary N) is 2. The molecule has 0 aliphatic carbocycles. The van der Waals surface area contributed by atoms with Gasteiger partial charge in [-0.15, -0.1) is 0 Å². The summed E-state index contributed by atoms with van der Waals surface area (Å²) in [7, 11) is 0. The van der Waals surface area contributed by atoms with Crippen LogP contribution in [0.1, 0.15) is 51.0 Å². The number of para-hydroxylation sites is 1. The van der Waals surface area contributed by atoms with Gasteiger partial charge in [0.15, 0.2) is 0 Å². The number of carbonyl (C=O) groups is 2. The number of unbranched alkanes of at least 4 members (excludes halogenated alkanes) is 5. The Hall–Kier alpha value is -2.05. The van der Waals surface area contributed by atoms with E-state index in [2.05, 4.69) is 12.2 Å². The molecule has 134 valence electrons. The van der Waals surface area contributed by atoms with E-state index in [1.807, 2.05) is 5.32 Å². The predicted molar refractivity (Wildman–Crippen MR) is 86.5 cm³/mol. The highest BCUT2D eigenvalue weighted by Crippen LogP contribution is 2.34. The highest BCUT2D eigenvalue weighted by Gasteiger charge is 2.33. The topological polar surface area (TPSA) is 58.2 Å². The van der Waals surface area contributed by atoms with Crippen molar-refractivity contribution in [2.75, 3.05) is 11.9 Å². The van der Waals surface area contributed by atoms with Crippen LogP contribution in [0.25, 0.3) is 0 Å². The SMILES string of the molecule is CCCCCCCCNC(=O)C(=O)Nc1ccccc1C(F)(F)F. The Morgan fingerprint density at radius 1 is 0.958 bits per heavy atom. The highest BCUT2D eigenvalue weighted by atomic mass is 19.4. The lowest BCUT2D eigenvalue weighted by Crippen LogP contribution is -2.36. The lowest BCUT2D eigenvalue weighted by molar-refractivity contribution is -0.138. The summed E-state index contributed by atoms with van der Waals surface area (Å²) in [5.74, 6) is -2.03. The third kappa shape index (κ3) is 7.02. The Kier molecular flexibility index (Phi) is 8.29. The number of alkyl halides is 3. The molecule has 0 aromatic heterocycles. The number of rotatable bonds is 8. The van der Waals surface area contributed by atoms with Gasteiger partial charge in [-0.05, 0) is 18.6 Å². The van der Waals surface area contributed by atoms with Crippen LogP contribution < -0.4 is 10.6 Å². The van der Waals surface area contributed by atoms with Gasteiger partial charge in [-0.1, -0.05) is 51.2 Å². The highest BCUT2D eigenvalue weighted by molar-refractivity contribution is 6.39. The minimum atomic E-state index is -4.60. The van der Waals surface area contributed by atoms with Crippen LogP contribution in [0.4, 0.5) is 18.9 Å². The molecule has 0 aliphatic heterocycles. The van der Waals surface area contributed by atoms with E-state index in [-0.39, 0.29) is 0 Å². The first-order chi connectivity index (χ1) is 11.4. The normalized spacial score (nSPS) is 11.2. The molecule has 0 atom stereocenters. The molecular formula is C17H23F3N2O2. The Morgan fingerprint density at radius 3 is 2.25 bits per heavy atom. The molecule has 0 fully saturated rings. The fraction of sp³-hybridized carbons (Fsp3) is 0.529. The number of hydrogen-bond acceptors (Lipinski definition) is 2. The van der Waals surface area contributed by atoms with Crippen molar-refractivity contribution in [1.82, 2.24) is 5.32 Å². The summed E-state index contributed by atoms with van der Waals surface area (Å²) >= 11 is 0. The third-order valence-corrected chi connectivity index (χ3v) is 3.50. The van der Waals surface area contributed by atoms with Crippen molar-refractivity contribution >= 4 is 17.5 Å². The molecule has 0 saturated carbocycles. The van der Waals surface area contributed by atoms with E-state index in [1.54, 1.807) is 0 Å². The summed E-state index contributed by atoms with van der Waals surface area (Å²) in [5.41, 5.74) is -1.41. The second kappa shape index (κ2) is 9.95. The number of anilines is 1. The second-order valence-electron chi connectivity index (χ2n) is 5.52. The molecule has 2 N–H and O–H groups in total. The van der Waals surface area contributed by atoms with E-state index in [4.69, 9.17) is 0 Å². The van der Waals surface area contributed by atoms with Crippen molar-refractivity contribution in [1.29, 1.82) is 0 Å². The molecule has 7 heteroatoms. The number of amides is 2. The molecule has 0 radical (unpaired) electrons. The zero-order chi connectivity index (χ0) is 18.0. The Balaban J connectivity index is 2.41. The van der Waals surface area contributed by atoms with Crippen LogP contribution in [-0.4, -0.2) is 18.4 Å². The number of hydrogen-bond donors (Lipinski definition) is 2. The van der Waals surface area contributed by atoms with Gasteiger partial charge in [-0.2, -0.15) is 13.2 Å². The fourth-order valence-electron chi connectivity index (χ4n) is 2.21. The maximum Gasteiger partial charge on any atom is 0.418 e. The van der Waals surface area contributed by atoms with Gasteiger partial charge in [0.25, 0.3) is 0 Å². The molecule has 0 saturated heterocycles. The second-order valence-corrected chi connectivity index (χ2v) is 5.52. The van der Waals surface area contributed by atoms with E-state index in [0.29, 0.717) is 6.54 Å². The molecule has 1 aromatic carbocycles. The number of halogens is 3. The van der Waals surface area contributed by atoms with Gasteiger partial charge in [0.05, 0.1) is 11.3 Å². The third-order valence-electron chi connectivity index (χ3n) is 3.50. The largest absolute Gasteiger partial charge is 0.418 e. The minimum absolute atomic E-state index is 0.333. The molecule has 0 unspecified atom stereocenters. The van der Waals surface area contributed by atoms with E-state index < -0.39 is 29.2 Å². The van der Waals surface area contributed by atoms with Crippen LogP contribution in [0.5, 0.6) is 0 Å². The van der Waals surface area contributed by atoms with Gasteiger partial charge in [-0.3, -0.25) is 9.59 Å². The molecule has 2 amide bonds. The molecule has 0 spiro atoms. The van der Waals surface area contributed by atoms with Gasteiger partial charge in [0, 0.05) is 6.54 Å². The van der Waals surface area contributed by atoms with Crippen LogP contribution in [0, 0.1) is 0 Å². The van der Waals surface area contributed by atoms with Crippen molar-refractivity contribution in [2.45, 2.75) is 51.6 Å². The quantitative estimate of drug-likeness (QED) is 0.550. The molecule has 24 heavy (non-hydrogen) atoms. The summed E-state index contributed by atoms with van der Waals surface area (Å²) in [6.45, 7) is 2.45. The molecule has 0 bridgehead atoms. The number of carbonyl (C=O) groups excluding carboxylic acids is 2. The summed E-state index contributed by atoms with van der Waals surface area (Å²) < 4.78 is 38.5. The Bertz CT molecular complexity index is 545. The predicted octanol–water partition coefficient (Wildman–Crippen LogP) is 4.12. The monoisotopic (exact) mass is 344 g/mol. The minimum Gasteiger partial charge on any atom is -0.348 e. The first-order valence-electron chi connectivity index (χ1n) is 8.11. The summed E-state index contributed by atoms with van der Waals surface area (Å²) in [4.78, 5) is 23.3. The Labute approximate surface area is 139 Å². The summed E-state index contributed by atoms with van der Waals surface area (Å²) in [5, 5.41) is 4.43. The summed E-state index contributed by atoms with van der Waals surface area (Å²) in [6.07, 6.45) is 1.61. The van der Waals surface area contributed by atoms with Crippen LogP contribution in [0.15, 0.2) is 24.3 Å². The van der Waals surface area contributed by atoms with Crippen molar-refractivity contribution in [3.8, 4) is 0 Å². The standard InChI is InChI=1S/C17H23F3N2O2/c1-2-3-4-5-6-9-12-21-15(23)16(24)22-14-11-8-7-10-13(14)17(18,19)20/h7-8,10-11H,2-6,9,12H2,1H3,(H,21,23)(H,22,24). The van der Waals surface area contributed by atoms with Crippen LogP contribution in [0.3, 0.4) is 0 Å². The molecule has 0 aliphatic rings. The lowest BCUT2D eigenvalue weighted by Gasteiger charge is -2.13. The molecule has 0 heterocycles. The zero-order valence-corrected chi connectivity index (χ0v) is 13.7. The lowest BCUT2D eigenvalue weighted by atomic mass is 10.1. The van der Waals surface area contributed by atoms with Crippen molar-refractivity contribution < 1.29 is 22.8 Å². The molecule has 1 rings (SSSR count). The van der Waals surface area contributed by atoms with E-state index in [9.17, 15) is 22.8 Å². The van der Waals surface area contributed by atoms with Gasteiger partial charge >= 0.3 is 18.0 Å². The van der Waals surface area contributed by atoms with Gasteiger partial charge in [-0.25, -0.2) is 0 Å². The smallest absolute Gasteiger partial charge is 0.348 e. The fourth-order valence-corrected chi connectivity index (χ4v) is 2.21. The summed E-state index contributed by atoms with van der Waals surface area (Å²) in [6, 6.07) is 4.54. The zero-order valence-electron chi connectivity index (χ0n) is 13.7. The van der Waals surface area contributed by atoms with Crippen LogP contribution in [-0.2, 0) is 15.8 Å². The maximum absolute atomic E-state index is 12.8. The van der Waals surface area contributed by atoms with Crippen molar-refractivity contribution in [2.24, 2.45) is 0 Å². The van der Waals surface area contributed by atoms with E-state index >= 15 is 0 Å². The van der Waals surface area contributed by atoms with Crippen molar-refractivity contribution in [3.05, 3.63) is 29.8 Å². The average molecular weight is 344 g/mol. The van der Waals surface area contributed by atoms with Gasteiger partial charge in [0.2, 0.25) is 0 Å². The van der Waals surface area contributed by atoms with Gasteiger partial charge < -0.3 is 10.6 Å². The van der Waals surface area contributed by atoms with Crippen molar-refractivity contribution in [3.63, 3.8) is 0 Å². The molecular weight excluding hydrogens is 321 g/mol. The first kappa shape index (κ1) is 20.0. The molecule has 4 nitrogen and oxygen atoms in total. The Morgan fingerprint density at radius 2 is 1.58 bits per heavy atom. The maximum atomic E-state index is 12.8. The average Bonchev–Trinajstić information content (AvgIpc) is 2.53. The van der Waals surface area contributed by atoms with E-state index in [0.717, 1.165) is 44.2 Å².